The van der Waals surface area contributed by atoms with Crippen molar-refractivity contribution in [3.8, 4) is 0 Å². The van der Waals surface area contributed by atoms with Gasteiger partial charge in [-0.15, -0.1) is 0 Å². The minimum atomic E-state index is -0.275. The minimum absolute atomic E-state index is 0.0160. The lowest BCUT2D eigenvalue weighted by atomic mass is 9.80. The van der Waals surface area contributed by atoms with Gasteiger partial charge in [-0.3, -0.25) is 9.78 Å². The topological polar surface area (TPSA) is 55.1 Å². The average Bonchev–Trinajstić information content (AvgIpc) is 2.35. The van der Waals surface area contributed by atoms with Crippen LogP contribution in [0.5, 0.6) is 0 Å². The highest BCUT2D eigenvalue weighted by Gasteiger charge is 2.30. The third-order valence-corrected chi connectivity index (χ3v) is 3.98. The molecule has 1 fully saturated rings. The monoisotopic (exact) mass is 250 g/mol. The van der Waals surface area contributed by atoms with Crippen molar-refractivity contribution in [3.05, 3.63) is 28.4 Å². The summed E-state index contributed by atoms with van der Waals surface area (Å²) in [6.07, 6.45) is 7.97. The lowest BCUT2D eigenvalue weighted by Gasteiger charge is -2.35. The van der Waals surface area contributed by atoms with Gasteiger partial charge in [-0.1, -0.05) is 13.3 Å². The van der Waals surface area contributed by atoms with Crippen LogP contribution in [-0.2, 0) is 0 Å². The fourth-order valence-electron chi connectivity index (χ4n) is 3.02. The second-order valence-corrected chi connectivity index (χ2v) is 5.31. The largest absolute Gasteiger partial charge is 0.393 e. The summed E-state index contributed by atoms with van der Waals surface area (Å²) in [4.78, 5) is 16.2. The van der Waals surface area contributed by atoms with Gasteiger partial charge in [-0.2, -0.15) is 0 Å². The molecule has 0 radical (unpaired) electrons. The molecule has 1 N–H and O–H groups in total. The fourth-order valence-corrected chi connectivity index (χ4v) is 3.02. The summed E-state index contributed by atoms with van der Waals surface area (Å²) in [5.41, 5.74) is 0.519. The van der Waals surface area contributed by atoms with Crippen LogP contribution in [0.3, 0.4) is 0 Å². The smallest absolute Gasteiger partial charge is 0.272 e. The van der Waals surface area contributed by atoms with E-state index in [2.05, 4.69) is 11.9 Å². The highest BCUT2D eigenvalue weighted by molar-refractivity contribution is 4.98. The van der Waals surface area contributed by atoms with Crippen LogP contribution in [0, 0.1) is 12.8 Å². The maximum absolute atomic E-state index is 12.1. The molecule has 3 unspecified atom stereocenters. The molecule has 0 saturated heterocycles. The first-order chi connectivity index (χ1) is 8.63. The molecule has 1 aromatic rings. The highest BCUT2D eigenvalue weighted by Crippen LogP contribution is 2.36. The maximum Gasteiger partial charge on any atom is 0.272 e. The van der Waals surface area contributed by atoms with Gasteiger partial charge in [0.25, 0.3) is 5.56 Å². The molecule has 0 amide bonds. The van der Waals surface area contributed by atoms with Gasteiger partial charge in [0.2, 0.25) is 0 Å². The number of hydrogen-bond donors (Lipinski definition) is 1. The minimum Gasteiger partial charge on any atom is -0.393 e. The molecule has 0 bridgehead atoms. The molecule has 0 aliphatic heterocycles. The molecule has 2 rings (SSSR count). The summed E-state index contributed by atoms with van der Waals surface area (Å²) >= 11 is 0. The van der Waals surface area contributed by atoms with E-state index < -0.39 is 0 Å². The van der Waals surface area contributed by atoms with Crippen molar-refractivity contribution in [3.63, 3.8) is 0 Å². The predicted octanol–water partition coefficient (Wildman–Crippen LogP) is 2.05. The molecule has 4 nitrogen and oxygen atoms in total. The zero-order valence-electron chi connectivity index (χ0n) is 11.2. The van der Waals surface area contributed by atoms with Gasteiger partial charge in [0.1, 0.15) is 5.69 Å². The van der Waals surface area contributed by atoms with Crippen molar-refractivity contribution in [1.82, 2.24) is 9.55 Å². The van der Waals surface area contributed by atoms with Crippen LogP contribution < -0.4 is 5.56 Å². The molecular formula is C14H22N2O2. The van der Waals surface area contributed by atoms with E-state index in [-0.39, 0.29) is 17.7 Å². The van der Waals surface area contributed by atoms with E-state index in [1.165, 1.54) is 0 Å². The molecule has 0 aromatic carbocycles. The number of nitrogens with zero attached hydrogens (tertiary/aromatic N) is 2. The van der Waals surface area contributed by atoms with Crippen molar-refractivity contribution in [2.45, 2.75) is 58.1 Å². The van der Waals surface area contributed by atoms with Gasteiger partial charge < -0.3 is 9.67 Å². The molecule has 1 saturated carbocycles. The standard InChI is InChI=1S/C14H22N2O2/c1-3-4-11-5-6-12(17)9-13(11)16-8-7-15-10(2)14(16)18/h7-8,11-13,17H,3-6,9H2,1-2H3. The summed E-state index contributed by atoms with van der Waals surface area (Å²) in [6.45, 7) is 3.91. The number of rotatable bonds is 3. The van der Waals surface area contributed by atoms with Gasteiger partial charge in [-0.05, 0) is 38.5 Å². The molecule has 18 heavy (non-hydrogen) atoms. The number of aryl methyl sites for hydroxylation is 1. The molecule has 100 valence electrons. The van der Waals surface area contributed by atoms with Crippen molar-refractivity contribution in [1.29, 1.82) is 0 Å². The number of aliphatic hydroxyl groups is 1. The van der Waals surface area contributed by atoms with E-state index in [9.17, 15) is 9.90 Å². The molecule has 1 aromatic heterocycles. The molecule has 1 aliphatic rings. The Balaban J connectivity index is 2.32. The third kappa shape index (κ3) is 2.64. The van der Waals surface area contributed by atoms with Gasteiger partial charge >= 0.3 is 0 Å². The Morgan fingerprint density at radius 2 is 2.28 bits per heavy atom. The molecule has 1 aliphatic carbocycles. The molecule has 3 atom stereocenters. The Morgan fingerprint density at radius 1 is 1.50 bits per heavy atom. The van der Waals surface area contributed by atoms with Crippen LogP contribution in [0.2, 0.25) is 0 Å². The highest BCUT2D eigenvalue weighted by atomic mass is 16.3. The molecule has 1 heterocycles. The second kappa shape index (κ2) is 5.65. The summed E-state index contributed by atoms with van der Waals surface area (Å²) < 4.78 is 1.78. The first kappa shape index (κ1) is 13.3. The summed E-state index contributed by atoms with van der Waals surface area (Å²) in [5.74, 6) is 0.498. The van der Waals surface area contributed by atoms with Crippen LogP contribution in [-0.4, -0.2) is 20.8 Å². The quantitative estimate of drug-likeness (QED) is 0.893. The van der Waals surface area contributed by atoms with Gasteiger partial charge in [0.05, 0.1) is 6.10 Å². The fraction of sp³-hybridized carbons (Fsp3) is 0.714. The number of aromatic nitrogens is 2. The summed E-state index contributed by atoms with van der Waals surface area (Å²) in [5, 5.41) is 9.86. The Hall–Kier alpha value is -1.16. The Kier molecular flexibility index (Phi) is 4.17. The summed E-state index contributed by atoms with van der Waals surface area (Å²) in [7, 11) is 0. The summed E-state index contributed by atoms with van der Waals surface area (Å²) in [6, 6.07) is 0.128. The number of aliphatic hydroxyl groups excluding tert-OH is 1. The van der Waals surface area contributed by atoms with E-state index >= 15 is 0 Å². The van der Waals surface area contributed by atoms with Crippen LogP contribution in [0.1, 0.15) is 50.8 Å². The zero-order chi connectivity index (χ0) is 13.1. The van der Waals surface area contributed by atoms with E-state index in [0.717, 1.165) is 25.7 Å². The van der Waals surface area contributed by atoms with Crippen LogP contribution >= 0.6 is 0 Å². The number of hydrogen-bond acceptors (Lipinski definition) is 3. The zero-order valence-corrected chi connectivity index (χ0v) is 11.2. The van der Waals surface area contributed by atoms with Gasteiger partial charge in [-0.25, -0.2) is 0 Å². The van der Waals surface area contributed by atoms with E-state index in [4.69, 9.17) is 0 Å². The van der Waals surface area contributed by atoms with Crippen molar-refractivity contribution in [2.24, 2.45) is 5.92 Å². The van der Waals surface area contributed by atoms with E-state index in [0.29, 0.717) is 18.0 Å². The van der Waals surface area contributed by atoms with Crippen LogP contribution in [0.15, 0.2) is 17.2 Å². The van der Waals surface area contributed by atoms with Crippen molar-refractivity contribution >= 4 is 0 Å². The third-order valence-electron chi connectivity index (χ3n) is 3.98. The normalized spacial score (nSPS) is 28.3. The lowest BCUT2D eigenvalue weighted by Crippen LogP contribution is -2.36. The Bertz CT molecular complexity index is 455. The molecular weight excluding hydrogens is 228 g/mol. The Labute approximate surface area is 108 Å². The second-order valence-electron chi connectivity index (χ2n) is 5.31. The van der Waals surface area contributed by atoms with Crippen molar-refractivity contribution in [2.75, 3.05) is 0 Å². The van der Waals surface area contributed by atoms with Gasteiger partial charge in [0.15, 0.2) is 0 Å². The first-order valence-corrected chi connectivity index (χ1v) is 6.85. The predicted molar refractivity (Wildman–Crippen MR) is 70.5 cm³/mol. The molecule has 0 spiro atoms. The maximum atomic E-state index is 12.1. The van der Waals surface area contributed by atoms with Crippen LogP contribution in [0.4, 0.5) is 0 Å². The van der Waals surface area contributed by atoms with Crippen LogP contribution in [0.25, 0.3) is 0 Å². The Morgan fingerprint density at radius 3 is 3.00 bits per heavy atom. The average molecular weight is 250 g/mol. The van der Waals surface area contributed by atoms with Gasteiger partial charge in [0, 0.05) is 18.4 Å². The van der Waals surface area contributed by atoms with E-state index in [1.54, 1.807) is 23.9 Å². The molecule has 4 heteroatoms. The SMILES string of the molecule is CCCC1CCC(O)CC1n1ccnc(C)c1=O. The first-order valence-electron chi connectivity index (χ1n) is 6.85. The lowest BCUT2D eigenvalue weighted by molar-refractivity contribution is 0.0680. The van der Waals surface area contributed by atoms with Crippen molar-refractivity contribution < 1.29 is 5.11 Å². The van der Waals surface area contributed by atoms with E-state index in [1.807, 2.05) is 0 Å².